The number of amides is 3. The van der Waals surface area contributed by atoms with Crippen molar-refractivity contribution in [2.75, 3.05) is 13.1 Å². The average molecular weight is 428 g/mol. The van der Waals surface area contributed by atoms with Crippen LogP contribution in [0.3, 0.4) is 0 Å². The van der Waals surface area contributed by atoms with Gasteiger partial charge in [0.05, 0.1) is 0 Å². The smallest absolute Gasteiger partial charge is 0.251 e. The van der Waals surface area contributed by atoms with E-state index in [1.807, 2.05) is 37.8 Å². The largest absolute Gasteiger partial charge is 0.352 e. The van der Waals surface area contributed by atoms with Gasteiger partial charge in [0, 0.05) is 30.6 Å². The number of nitrogens with zero attached hydrogens (tertiary/aromatic N) is 1. The van der Waals surface area contributed by atoms with Crippen molar-refractivity contribution in [3.63, 3.8) is 0 Å². The van der Waals surface area contributed by atoms with Gasteiger partial charge in [-0.3, -0.25) is 14.4 Å². The summed E-state index contributed by atoms with van der Waals surface area (Å²) < 4.78 is 0. The van der Waals surface area contributed by atoms with E-state index in [1.54, 1.807) is 12.1 Å². The Morgan fingerprint density at radius 2 is 1.61 bits per heavy atom. The van der Waals surface area contributed by atoms with Crippen molar-refractivity contribution in [3.8, 4) is 0 Å². The Hall–Kier alpha value is -2.37. The monoisotopic (exact) mass is 427 g/mol. The fourth-order valence-electron chi connectivity index (χ4n) is 4.65. The Balaban J connectivity index is 1.66. The number of piperidine rings is 1. The van der Waals surface area contributed by atoms with E-state index in [4.69, 9.17) is 0 Å². The molecule has 0 aromatic heterocycles. The molecule has 1 heterocycles. The maximum absolute atomic E-state index is 13.1. The van der Waals surface area contributed by atoms with Gasteiger partial charge in [-0.15, -0.1) is 0 Å². The molecule has 0 spiro atoms. The molecule has 2 aliphatic rings. The molecule has 2 N–H and O–H groups in total. The van der Waals surface area contributed by atoms with E-state index in [1.165, 1.54) is 0 Å². The summed E-state index contributed by atoms with van der Waals surface area (Å²) in [5.41, 5.74) is 1.64. The molecule has 0 bridgehead atoms. The van der Waals surface area contributed by atoms with Crippen LogP contribution in [0.2, 0.25) is 0 Å². The molecule has 1 saturated carbocycles. The number of benzene rings is 1. The molecule has 2 atom stereocenters. The van der Waals surface area contributed by atoms with Crippen LogP contribution < -0.4 is 10.6 Å². The first kappa shape index (κ1) is 23.3. The molecule has 6 nitrogen and oxygen atoms in total. The molecule has 1 aromatic carbocycles. The first-order valence-corrected chi connectivity index (χ1v) is 11.9. The summed E-state index contributed by atoms with van der Waals surface area (Å²) in [7, 11) is 0. The number of carbonyl (C=O) groups excluding carboxylic acids is 3. The van der Waals surface area contributed by atoms with Crippen molar-refractivity contribution in [2.45, 2.75) is 77.8 Å². The average Bonchev–Trinajstić information content (AvgIpc) is 3.32. The highest BCUT2D eigenvalue weighted by Gasteiger charge is 2.36. The van der Waals surface area contributed by atoms with Crippen LogP contribution in [0, 0.1) is 18.8 Å². The molecule has 0 unspecified atom stereocenters. The highest BCUT2D eigenvalue weighted by atomic mass is 16.2. The summed E-state index contributed by atoms with van der Waals surface area (Å²) in [4.78, 5) is 40.6. The van der Waals surface area contributed by atoms with Gasteiger partial charge in [0.15, 0.2) is 0 Å². The second-order valence-corrected chi connectivity index (χ2v) is 9.28. The summed E-state index contributed by atoms with van der Waals surface area (Å²) in [6.45, 7) is 7.29. The molecule has 0 radical (unpaired) electrons. The Labute approximate surface area is 186 Å². The standard InChI is InChI=1S/C25H37N3O3/c1-4-18(3)26-24(30)22(27-23(29)20-11-9-17(2)10-12-20)19-13-15-28(16-14-19)25(31)21-7-5-6-8-21/h9-12,18-19,21-22H,4-8,13-16H2,1-3H3,(H,26,30)(H,27,29)/t18-,22+/m0/s1. The quantitative estimate of drug-likeness (QED) is 0.700. The van der Waals surface area contributed by atoms with E-state index in [2.05, 4.69) is 10.6 Å². The topological polar surface area (TPSA) is 78.5 Å². The molecule has 31 heavy (non-hydrogen) atoms. The maximum Gasteiger partial charge on any atom is 0.251 e. The van der Waals surface area contributed by atoms with Crippen LogP contribution in [0.15, 0.2) is 24.3 Å². The fraction of sp³-hybridized carbons (Fsp3) is 0.640. The molecular formula is C25H37N3O3. The summed E-state index contributed by atoms with van der Waals surface area (Å²) in [5.74, 6) is 0.123. The lowest BCUT2D eigenvalue weighted by Gasteiger charge is -2.37. The minimum atomic E-state index is -0.591. The van der Waals surface area contributed by atoms with Crippen molar-refractivity contribution in [3.05, 3.63) is 35.4 Å². The molecule has 1 aromatic rings. The number of likely N-dealkylation sites (tertiary alicyclic amines) is 1. The molecule has 3 amide bonds. The lowest BCUT2D eigenvalue weighted by Crippen LogP contribution is -2.55. The zero-order valence-electron chi connectivity index (χ0n) is 19.2. The summed E-state index contributed by atoms with van der Waals surface area (Å²) in [6.07, 6.45) is 6.59. The van der Waals surface area contributed by atoms with Crippen molar-refractivity contribution in [1.82, 2.24) is 15.5 Å². The van der Waals surface area contributed by atoms with Crippen LogP contribution in [0.5, 0.6) is 0 Å². The summed E-state index contributed by atoms with van der Waals surface area (Å²) >= 11 is 0. The molecular weight excluding hydrogens is 390 g/mol. The van der Waals surface area contributed by atoms with Gasteiger partial charge in [-0.1, -0.05) is 37.5 Å². The summed E-state index contributed by atoms with van der Waals surface area (Å²) in [6, 6.07) is 6.84. The molecule has 6 heteroatoms. The number of hydrogen-bond acceptors (Lipinski definition) is 3. The first-order valence-electron chi connectivity index (χ1n) is 11.9. The third-order valence-corrected chi connectivity index (χ3v) is 6.91. The van der Waals surface area contributed by atoms with Crippen molar-refractivity contribution in [1.29, 1.82) is 0 Å². The van der Waals surface area contributed by atoms with Crippen LogP contribution in [-0.4, -0.2) is 47.8 Å². The molecule has 1 saturated heterocycles. The van der Waals surface area contributed by atoms with Crippen LogP contribution in [-0.2, 0) is 9.59 Å². The van der Waals surface area contributed by atoms with Crippen molar-refractivity contribution < 1.29 is 14.4 Å². The van der Waals surface area contributed by atoms with Crippen LogP contribution in [0.25, 0.3) is 0 Å². The lowest BCUT2D eigenvalue weighted by molar-refractivity contribution is -0.137. The van der Waals surface area contributed by atoms with E-state index in [-0.39, 0.29) is 35.6 Å². The van der Waals surface area contributed by atoms with Gasteiger partial charge in [-0.05, 0) is 64.0 Å². The predicted octanol–water partition coefficient (Wildman–Crippen LogP) is 3.44. The van der Waals surface area contributed by atoms with Crippen molar-refractivity contribution in [2.24, 2.45) is 11.8 Å². The zero-order chi connectivity index (χ0) is 22.4. The minimum absolute atomic E-state index is 0.0195. The third-order valence-electron chi connectivity index (χ3n) is 6.91. The third kappa shape index (κ3) is 6.08. The van der Waals surface area contributed by atoms with E-state index in [9.17, 15) is 14.4 Å². The van der Waals surface area contributed by atoms with Crippen molar-refractivity contribution >= 4 is 17.7 Å². The van der Waals surface area contributed by atoms with Gasteiger partial charge in [0.25, 0.3) is 5.91 Å². The summed E-state index contributed by atoms with van der Waals surface area (Å²) in [5, 5.41) is 6.03. The second-order valence-electron chi connectivity index (χ2n) is 9.28. The minimum Gasteiger partial charge on any atom is -0.352 e. The van der Waals surface area contributed by atoms with Gasteiger partial charge in [-0.25, -0.2) is 0 Å². The number of aryl methyl sites for hydroxylation is 1. The Morgan fingerprint density at radius 3 is 2.19 bits per heavy atom. The van der Waals surface area contributed by atoms with E-state index in [0.29, 0.717) is 18.7 Å². The second kappa shape index (κ2) is 10.8. The lowest BCUT2D eigenvalue weighted by atomic mass is 9.87. The predicted molar refractivity (Wildman–Crippen MR) is 122 cm³/mol. The van der Waals surface area contributed by atoms with E-state index >= 15 is 0 Å². The first-order chi connectivity index (χ1) is 14.9. The van der Waals surface area contributed by atoms with Gasteiger partial charge in [-0.2, -0.15) is 0 Å². The van der Waals surface area contributed by atoms with Gasteiger partial charge in [0.1, 0.15) is 6.04 Å². The molecule has 170 valence electrons. The maximum atomic E-state index is 13.1. The van der Waals surface area contributed by atoms with Crippen LogP contribution in [0.1, 0.15) is 74.7 Å². The van der Waals surface area contributed by atoms with Gasteiger partial charge in [0.2, 0.25) is 11.8 Å². The Kier molecular flexibility index (Phi) is 8.10. The number of rotatable bonds is 7. The van der Waals surface area contributed by atoms with Gasteiger partial charge < -0.3 is 15.5 Å². The molecule has 1 aliphatic carbocycles. The van der Waals surface area contributed by atoms with Gasteiger partial charge >= 0.3 is 0 Å². The molecule has 3 rings (SSSR count). The number of hydrogen-bond donors (Lipinski definition) is 2. The molecule has 1 aliphatic heterocycles. The zero-order valence-corrected chi connectivity index (χ0v) is 19.2. The number of nitrogens with one attached hydrogen (secondary N) is 2. The van der Waals surface area contributed by atoms with Crippen LogP contribution in [0.4, 0.5) is 0 Å². The van der Waals surface area contributed by atoms with E-state index < -0.39 is 6.04 Å². The van der Waals surface area contributed by atoms with E-state index in [0.717, 1.165) is 50.5 Å². The Bertz CT molecular complexity index is 763. The number of carbonyl (C=O) groups is 3. The van der Waals surface area contributed by atoms with Crippen LogP contribution >= 0.6 is 0 Å². The molecule has 2 fully saturated rings. The Morgan fingerprint density at radius 1 is 1.00 bits per heavy atom. The highest BCUT2D eigenvalue weighted by Crippen LogP contribution is 2.29. The highest BCUT2D eigenvalue weighted by molar-refractivity contribution is 5.97. The normalized spacial score (nSPS) is 19.6. The fourth-order valence-corrected chi connectivity index (χ4v) is 4.65. The SMILES string of the molecule is CC[C@H](C)NC(=O)[C@H](NC(=O)c1ccc(C)cc1)C1CCN(C(=O)C2CCCC2)CC1.